The van der Waals surface area contributed by atoms with Gasteiger partial charge in [-0.25, -0.2) is 0 Å². The topological polar surface area (TPSA) is 41.1 Å². The summed E-state index contributed by atoms with van der Waals surface area (Å²) >= 11 is 5.89. The van der Waals surface area contributed by atoms with Gasteiger partial charge in [-0.3, -0.25) is 4.79 Å². The van der Waals surface area contributed by atoms with Crippen molar-refractivity contribution in [1.82, 2.24) is 10.6 Å². The zero-order chi connectivity index (χ0) is 12.0. The third kappa shape index (κ3) is 5.91. The summed E-state index contributed by atoms with van der Waals surface area (Å²) in [5.74, 6) is -0.0801. The Labute approximate surface area is 113 Å². The van der Waals surface area contributed by atoms with Crippen molar-refractivity contribution in [3.63, 3.8) is 0 Å². The molecule has 1 amide bonds. The van der Waals surface area contributed by atoms with E-state index in [-0.39, 0.29) is 18.3 Å². The number of rotatable bonds is 5. The third-order valence-corrected chi connectivity index (χ3v) is 2.36. The first kappa shape index (κ1) is 16.2. The van der Waals surface area contributed by atoms with E-state index in [2.05, 4.69) is 10.6 Å². The number of aryl methyl sites for hydroxylation is 1. The first-order chi connectivity index (χ1) is 7.63. The van der Waals surface area contributed by atoms with Crippen LogP contribution in [0.4, 0.5) is 0 Å². The van der Waals surface area contributed by atoms with Gasteiger partial charge in [0.25, 0.3) is 5.91 Å². The van der Waals surface area contributed by atoms with Gasteiger partial charge in [-0.2, -0.15) is 0 Å². The van der Waals surface area contributed by atoms with Crippen LogP contribution in [0.15, 0.2) is 18.2 Å². The molecule has 17 heavy (non-hydrogen) atoms. The highest BCUT2D eigenvalue weighted by molar-refractivity contribution is 6.31. The van der Waals surface area contributed by atoms with Gasteiger partial charge in [0.15, 0.2) is 0 Å². The maximum atomic E-state index is 11.7. The van der Waals surface area contributed by atoms with Crippen LogP contribution in [0.2, 0.25) is 5.02 Å². The Kier molecular flexibility index (Phi) is 7.96. The summed E-state index contributed by atoms with van der Waals surface area (Å²) in [5.41, 5.74) is 1.60. The summed E-state index contributed by atoms with van der Waals surface area (Å²) in [6.45, 7) is 6.26. The summed E-state index contributed by atoms with van der Waals surface area (Å²) in [5, 5.41) is 6.56. The molecule has 96 valence electrons. The summed E-state index contributed by atoms with van der Waals surface area (Å²) in [7, 11) is 0. The van der Waals surface area contributed by atoms with E-state index in [1.54, 1.807) is 6.07 Å². The molecule has 0 saturated heterocycles. The Bertz CT molecular complexity index is 349. The highest BCUT2D eigenvalue weighted by atomic mass is 35.5. The second-order valence-corrected chi connectivity index (χ2v) is 4.06. The van der Waals surface area contributed by atoms with Crippen LogP contribution in [0, 0.1) is 6.92 Å². The van der Waals surface area contributed by atoms with Crippen molar-refractivity contribution >= 4 is 29.9 Å². The summed E-state index contributed by atoms with van der Waals surface area (Å²) in [6, 6.07) is 5.34. The Morgan fingerprint density at radius 2 is 2.00 bits per heavy atom. The molecule has 2 N–H and O–H groups in total. The highest BCUT2D eigenvalue weighted by Crippen LogP contribution is 2.14. The molecule has 0 spiro atoms. The fourth-order valence-corrected chi connectivity index (χ4v) is 1.70. The molecule has 0 aliphatic heterocycles. The fourth-order valence-electron chi connectivity index (χ4n) is 1.41. The summed E-state index contributed by atoms with van der Waals surface area (Å²) < 4.78 is 0. The zero-order valence-corrected chi connectivity index (χ0v) is 11.6. The van der Waals surface area contributed by atoms with Gasteiger partial charge in [0, 0.05) is 23.7 Å². The maximum absolute atomic E-state index is 11.7. The van der Waals surface area contributed by atoms with E-state index in [9.17, 15) is 4.79 Å². The lowest BCUT2D eigenvalue weighted by Gasteiger charge is -2.06. The van der Waals surface area contributed by atoms with Crippen molar-refractivity contribution in [2.75, 3.05) is 19.6 Å². The van der Waals surface area contributed by atoms with Crippen molar-refractivity contribution in [2.45, 2.75) is 13.8 Å². The lowest BCUT2D eigenvalue weighted by atomic mass is 10.1. The van der Waals surface area contributed by atoms with Gasteiger partial charge in [-0.05, 0) is 37.2 Å². The van der Waals surface area contributed by atoms with Gasteiger partial charge in [-0.15, -0.1) is 12.4 Å². The largest absolute Gasteiger partial charge is 0.351 e. The highest BCUT2D eigenvalue weighted by Gasteiger charge is 2.05. The van der Waals surface area contributed by atoms with E-state index in [0.29, 0.717) is 17.1 Å². The van der Waals surface area contributed by atoms with E-state index >= 15 is 0 Å². The molecule has 0 bridgehead atoms. The average Bonchev–Trinajstić information content (AvgIpc) is 2.22. The fraction of sp³-hybridized carbons (Fsp3) is 0.417. The van der Waals surface area contributed by atoms with Gasteiger partial charge < -0.3 is 10.6 Å². The molecule has 0 heterocycles. The van der Waals surface area contributed by atoms with Crippen molar-refractivity contribution in [3.05, 3.63) is 34.3 Å². The maximum Gasteiger partial charge on any atom is 0.251 e. The monoisotopic (exact) mass is 276 g/mol. The molecule has 0 saturated carbocycles. The lowest BCUT2D eigenvalue weighted by molar-refractivity contribution is 0.0954. The van der Waals surface area contributed by atoms with Crippen molar-refractivity contribution in [1.29, 1.82) is 0 Å². The molecule has 1 rings (SSSR count). The smallest absolute Gasteiger partial charge is 0.251 e. The average molecular weight is 277 g/mol. The molecule has 0 aliphatic rings. The van der Waals surface area contributed by atoms with E-state index in [0.717, 1.165) is 18.7 Å². The normalized spacial score (nSPS) is 9.59. The molecule has 0 radical (unpaired) electrons. The molecule has 0 fully saturated rings. The number of amides is 1. The van der Waals surface area contributed by atoms with Gasteiger partial charge in [0.05, 0.1) is 0 Å². The minimum absolute atomic E-state index is 0. The molecular weight excluding hydrogens is 259 g/mol. The van der Waals surface area contributed by atoms with Crippen molar-refractivity contribution in [3.8, 4) is 0 Å². The van der Waals surface area contributed by atoms with Crippen molar-refractivity contribution < 1.29 is 4.79 Å². The van der Waals surface area contributed by atoms with E-state index in [1.165, 1.54) is 0 Å². The van der Waals surface area contributed by atoms with Crippen LogP contribution >= 0.6 is 24.0 Å². The number of hydrogen-bond acceptors (Lipinski definition) is 2. The van der Waals surface area contributed by atoms with Crippen LogP contribution < -0.4 is 10.6 Å². The molecule has 0 unspecified atom stereocenters. The molecule has 3 nitrogen and oxygen atoms in total. The first-order valence-electron chi connectivity index (χ1n) is 5.39. The molecule has 0 aliphatic carbocycles. The molecule has 5 heteroatoms. The number of halogens is 2. The molecule has 1 aromatic carbocycles. The van der Waals surface area contributed by atoms with Gasteiger partial charge in [-0.1, -0.05) is 18.5 Å². The summed E-state index contributed by atoms with van der Waals surface area (Å²) in [6.07, 6.45) is 0. The van der Waals surface area contributed by atoms with Crippen molar-refractivity contribution in [2.24, 2.45) is 0 Å². The second-order valence-electron chi connectivity index (χ2n) is 3.63. The van der Waals surface area contributed by atoms with Crippen LogP contribution in [0.1, 0.15) is 22.8 Å². The SMILES string of the molecule is CCNCCNC(=O)c1cc(C)cc(Cl)c1.Cl. The van der Waals surface area contributed by atoms with Crippen LogP contribution in [-0.4, -0.2) is 25.5 Å². The summed E-state index contributed by atoms with van der Waals surface area (Å²) in [4.78, 5) is 11.7. The van der Waals surface area contributed by atoms with Crippen LogP contribution in [0.3, 0.4) is 0 Å². The molecule has 1 aromatic rings. The molecule has 0 aromatic heterocycles. The predicted molar refractivity (Wildman–Crippen MR) is 74.3 cm³/mol. The van der Waals surface area contributed by atoms with Crippen LogP contribution in [0.5, 0.6) is 0 Å². The van der Waals surface area contributed by atoms with Gasteiger partial charge in [0.1, 0.15) is 0 Å². The number of carbonyl (C=O) groups is 1. The second kappa shape index (κ2) is 8.34. The van der Waals surface area contributed by atoms with E-state index in [4.69, 9.17) is 11.6 Å². The number of benzene rings is 1. The predicted octanol–water partition coefficient (Wildman–Crippen LogP) is 2.41. The lowest BCUT2D eigenvalue weighted by Crippen LogP contribution is -2.31. The number of nitrogens with one attached hydrogen (secondary N) is 2. The quantitative estimate of drug-likeness (QED) is 0.811. The molecule has 0 atom stereocenters. The Balaban J connectivity index is 0.00000256. The minimum Gasteiger partial charge on any atom is -0.351 e. The van der Waals surface area contributed by atoms with Crippen LogP contribution in [0.25, 0.3) is 0 Å². The van der Waals surface area contributed by atoms with Gasteiger partial charge in [0.2, 0.25) is 0 Å². The number of hydrogen-bond donors (Lipinski definition) is 2. The Morgan fingerprint density at radius 1 is 1.29 bits per heavy atom. The van der Waals surface area contributed by atoms with E-state index < -0.39 is 0 Å². The van der Waals surface area contributed by atoms with Crippen LogP contribution in [-0.2, 0) is 0 Å². The van der Waals surface area contributed by atoms with E-state index in [1.807, 2.05) is 26.0 Å². The first-order valence-corrected chi connectivity index (χ1v) is 5.77. The third-order valence-electron chi connectivity index (χ3n) is 2.14. The minimum atomic E-state index is -0.0801. The standard InChI is InChI=1S/C12H17ClN2O.ClH/c1-3-14-4-5-15-12(16)10-6-9(2)7-11(13)8-10;/h6-8,14H,3-5H2,1-2H3,(H,15,16);1H. The van der Waals surface area contributed by atoms with Gasteiger partial charge >= 0.3 is 0 Å². The Morgan fingerprint density at radius 3 is 2.59 bits per heavy atom. The zero-order valence-electron chi connectivity index (χ0n) is 10.0. The molecular formula is C12H18Cl2N2O. The number of likely N-dealkylation sites (N-methyl/N-ethyl adjacent to an activating group) is 1. The number of carbonyl (C=O) groups excluding carboxylic acids is 1. The Hall–Kier alpha value is -0.770.